The summed E-state index contributed by atoms with van der Waals surface area (Å²) in [5, 5.41) is 0. The monoisotopic (exact) mass is 324 g/mol. The Hall–Kier alpha value is -0.570. The van der Waals surface area contributed by atoms with Crippen LogP contribution in [0.25, 0.3) is 0 Å². The standard InChI is InChI=1S/C16H25BrN2/c1-12-10-14(17)11-18-15(12)19-8-5-6-13(7-9-19)16(2,3)4/h10-11,13H,5-9H2,1-4H3. The largest absolute Gasteiger partial charge is 0.356 e. The average Bonchev–Trinajstić information content (AvgIpc) is 2.54. The molecule has 1 saturated heterocycles. The maximum atomic E-state index is 4.61. The Bertz CT molecular complexity index is 437. The first kappa shape index (κ1) is 14.8. The lowest BCUT2D eigenvalue weighted by atomic mass is 9.77. The fraction of sp³-hybridized carbons (Fsp3) is 0.688. The first-order valence-corrected chi connectivity index (χ1v) is 8.04. The zero-order valence-electron chi connectivity index (χ0n) is 12.5. The van der Waals surface area contributed by atoms with Gasteiger partial charge >= 0.3 is 0 Å². The minimum Gasteiger partial charge on any atom is -0.356 e. The fourth-order valence-corrected chi connectivity index (χ4v) is 3.48. The second-order valence-corrected chi connectivity index (χ2v) is 7.69. The van der Waals surface area contributed by atoms with Crippen molar-refractivity contribution >= 4 is 21.7 Å². The average molecular weight is 325 g/mol. The van der Waals surface area contributed by atoms with Crippen LogP contribution in [0.5, 0.6) is 0 Å². The Morgan fingerprint density at radius 2 is 2.00 bits per heavy atom. The smallest absolute Gasteiger partial charge is 0.131 e. The fourth-order valence-electron chi connectivity index (χ4n) is 3.04. The van der Waals surface area contributed by atoms with Crippen molar-refractivity contribution in [1.82, 2.24) is 4.98 Å². The molecule has 1 aliphatic rings. The zero-order valence-corrected chi connectivity index (χ0v) is 14.1. The highest BCUT2D eigenvalue weighted by Gasteiger charge is 2.27. The number of nitrogens with zero attached hydrogens (tertiary/aromatic N) is 2. The molecule has 1 aromatic rings. The maximum absolute atomic E-state index is 4.61. The molecule has 0 amide bonds. The van der Waals surface area contributed by atoms with Gasteiger partial charge < -0.3 is 4.90 Å². The molecule has 1 fully saturated rings. The van der Waals surface area contributed by atoms with Gasteiger partial charge in [-0.05, 0) is 65.1 Å². The van der Waals surface area contributed by atoms with Crippen molar-refractivity contribution in [2.45, 2.75) is 47.0 Å². The lowest BCUT2D eigenvalue weighted by Crippen LogP contribution is -2.27. The van der Waals surface area contributed by atoms with Crippen LogP contribution in [-0.2, 0) is 0 Å². The van der Waals surface area contributed by atoms with Gasteiger partial charge in [0.25, 0.3) is 0 Å². The summed E-state index contributed by atoms with van der Waals surface area (Å²) in [7, 11) is 0. The predicted molar refractivity (Wildman–Crippen MR) is 85.7 cm³/mol. The van der Waals surface area contributed by atoms with Gasteiger partial charge in [-0.1, -0.05) is 20.8 Å². The topological polar surface area (TPSA) is 16.1 Å². The molecule has 2 heterocycles. The molecule has 0 aromatic carbocycles. The predicted octanol–water partition coefficient (Wildman–Crippen LogP) is 4.81. The number of aromatic nitrogens is 1. The van der Waals surface area contributed by atoms with Gasteiger partial charge in [0.1, 0.15) is 5.82 Å². The molecule has 1 aromatic heterocycles. The van der Waals surface area contributed by atoms with Crippen LogP contribution in [0.2, 0.25) is 0 Å². The van der Waals surface area contributed by atoms with Crippen molar-refractivity contribution in [1.29, 1.82) is 0 Å². The molecule has 0 radical (unpaired) electrons. The van der Waals surface area contributed by atoms with Gasteiger partial charge in [0, 0.05) is 23.8 Å². The van der Waals surface area contributed by atoms with Crippen LogP contribution in [0.3, 0.4) is 0 Å². The third kappa shape index (κ3) is 3.71. The summed E-state index contributed by atoms with van der Waals surface area (Å²) >= 11 is 3.49. The second kappa shape index (κ2) is 5.82. The van der Waals surface area contributed by atoms with Gasteiger partial charge in [-0.3, -0.25) is 0 Å². The molecule has 106 valence electrons. The minimum atomic E-state index is 0.429. The van der Waals surface area contributed by atoms with E-state index in [-0.39, 0.29) is 0 Å². The van der Waals surface area contributed by atoms with Gasteiger partial charge in [-0.25, -0.2) is 4.98 Å². The molecule has 0 N–H and O–H groups in total. The van der Waals surface area contributed by atoms with Crippen molar-refractivity contribution in [2.75, 3.05) is 18.0 Å². The molecule has 3 heteroatoms. The quantitative estimate of drug-likeness (QED) is 0.737. The highest BCUT2D eigenvalue weighted by molar-refractivity contribution is 9.10. The number of rotatable bonds is 1. The Labute approximate surface area is 125 Å². The number of aryl methyl sites for hydroxylation is 1. The van der Waals surface area contributed by atoms with E-state index in [1.54, 1.807) is 0 Å². The summed E-state index contributed by atoms with van der Waals surface area (Å²) in [5.41, 5.74) is 1.70. The van der Waals surface area contributed by atoms with Crippen LogP contribution in [0.1, 0.15) is 45.6 Å². The van der Waals surface area contributed by atoms with Crippen molar-refractivity contribution in [3.05, 3.63) is 22.3 Å². The van der Waals surface area contributed by atoms with Gasteiger partial charge in [-0.2, -0.15) is 0 Å². The highest BCUT2D eigenvalue weighted by Crippen LogP contribution is 2.35. The molecule has 2 rings (SSSR count). The summed E-state index contributed by atoms with van der Waals surface area (Å²) in [6.45, 7) is 11.5. The molecule has 1 unspecified atom stereocenters. The van der Waals surface area contributed by atoms with E-state index in [2.05, 4.69) is 59.6 Å². The molecule has 1 aliphatic heterocycles. The molecule has 0 spiro atoms. The Morgan fingerprint density at radius 1 is 1.26 bits per heavy atom. The number of hydrogen-bond donors (Lipinski definition) is 0. The van der Waals surface area contributed by atoms with E-state index in [9.17, 15) is 0 Å². The van der Waals surface area contributed by atoms with Crippen molar-refractivity contribution in [2.24, 2.45) is 11.3 Å². The number of hydrogen-bond acceptors (Lipinski definition) is 2. The van der Waals surface area contributed by atoms with Gasteiger partial charge in [-0.15, -0.1) is 0 Å². The van der Waals surface area contributed by atoms with Gasteiger partial charge in [0.05, 0.1) is 0 Å². The summed E-state index contributed by atoms with van der Waals surface area (Å²) in [6, 6.07) is 2.16. The van der Waals surface area contributed by atoms with Crippen LogP contribution in [0, 0.1) is 18.3 Å². The summed E-state index contributed by atoms with van der Waals surface area (Å²) in [4.78, 5) is 7.08. The molecule has 0 bridgehead atoms. The SMILES string of the molecule is Cc1cc(Br)cnc1N1CCCC(C(C)(C)C)CC1. The molecule has 19 heavy (non-hydrogen) atoms. The normalized spacial score (nSPS) is 21.3. The maximum Gasteiger partial charge on any atom is 0.131 e. The van der Waals surface area contributed by atoms with Crippen molar-refractivity contribution in [3.63, 3.8) is 0 Å². The Kier molecular flexibility index (Phi) is 4.54. The van der Waals surface area contributed by atoms with E-state index in [0.717, 1.165) is 29.3 Å². The van der Waals surface area contributed by atoms with Crippen molar-refractivity contribution < 1.29 is 0 Å². The van der Waals surface area contributed by atoms with E-state index in [1.165, 1.54) is 24.8 Å². The molecular formula is C16H25BrN2. The van der Waals surface area contributed by atoms with E-state index >= 15 is 0 Å². The van der Waals surface area contributed by atoms with Crippen LogP contribution in [0.4, 0.5) is 5.82 Å². The number of anilines is 1. The van der Waals surface area contributed by atoms with Crippen LogP contribution < -0.4 is 4.90 Å². The molecule has 2 nitrogen and oxygen atoms in total. The molecule has 1 atom stereocenters. The molecular weight excluding hydrogens is 300 g/mol. The summed E-state index contributed by atoms with van der Waals surface area (Å²) in [6.07, 6.45) is 5.81. The van der Waals surface area contributed by atoms with E-state index in [4.69, 9.17) is 0 Å². The van der Waals surface area contributed by atoms with Gasteiger partial charge in [0.2, 0.25) is 0 Å². The molecule has 0 aliphatic carbocycles. The summed E-state index contributed by atoms with van der Waals surface area (Å²) in [5.74, 6) is 1.99. The second-order valence-electron chi connectivity index (χ2n) is 6.77. The van der Waals surface area contributed by atoms with Crippen molar-refractivity contribution in [3.8, 4) is 0 Å². The van der Waals surface area contributed by atoms with E-state index in [1.807, 2.05) is 6.20 Å². The third-order valence-corrected chi connectivity index (χ3v) is 4.70. The highest BCUT2D eigenvalue weighted by atomic mass is 79.9. The zero-order chi connectivity index (χ0) is 14.0. The van der Waals surface area contributed by atoms with Crippen LogP contribution >= 0.6 is 15.9 Å². The molecule has 0 saturated carbocycles. The first-order chi connectivity index (χ1) is 8.88. The summed E-state index contributed by atoms with van der Waals surface area (Å²) < 4.78 is 1.07. The van der Waals surface area contributed by atoms with Crippen LogP contribution in [-0.4, -0.2) is 18.1 Å². The first-order valence-electron chi connectivity index (χ1n) is 7.25. The lowest BCUT2D eigenvalue weighted by molar-refractivity contribution is 0.220. The van der Waals surface area contributed by atoms with Crippen LogP contribution in [0.15, 0.2) is 16.7 Å². The number of pyridine rings is 1. The van der Waals surface area contributed by atoms with E-state index in [0.29, 0.717) is 5.41 Å². The Balaban J connectivity index is 2.11. The third-order valence-electron chi connectivity index (χ3n) is 4.27. The Morgan fingerprint density at radius 3 is 2.63 bits per heavy atom. The number of halogens is 1. The van der Waals surface area contributed by atoms with E-state index < -0.39 is 0 Å². The lowest BCUT2D eigenvalue weighted by Gasteiger charge is -2.30. The van der Waals surface area contributed by atoms with Gasteiger partial charge in [0.15, 0.2) is 0 Å². The minimum absolute atomic E-state index is 0.429.